The summed E-state index contributed by atoms with van der Waals surface area (Å²) in [4.78, 5) is 14.7. The van der Waals surface area contributed by atoms with E-state index in [0.29, 0.717) is 30.5 Å². The number of carbonyl (C=O) groups excluding carboxylic acids is 1. The maximum absolute atomic E-state index is 12.1. The van der Waals surface area contributed by atoms with Gasteiger partial charge in [-0.3, -0.25) is 9.48 Å². The maximum Gasteiger partial charge on any atom is 0.220 e. The Labute approximate surface area is 143 Å². The Morgan fingerprint density at radius 1 is 1.30 bits per heavy atom. The Balaban J connectivity index is 1.36. The number of piperidine rings is 2. The maximum atomic E-state index is 12.1. The van der Waals surface area contributed by atoms with E-state index in [-0.39, 0.29) is 5.91 Å². The molecule has 3 heterocycles. The van der Waals surface area contributed by atoms with E-state index in [2.05, 4.69) is 15.3 Å². The molecule has 5 nitrogen and oxygen atoms in total. The van der Waals surface area contributed by atoms with Crippen molar-refractivity contribution in [2.24, 2.45) is 5.92 Å². The van der Waals surface area contributed by atoms with Crippen molar-refractivity contribution >= 4 is 17.5 Å². The molecule has 0 spiro atoms. The van der Waals surface area contributed by atoms with Crippen molar-refractivity contribution in [3.05, 3.63) is 17.4 Å². The third-order valence-corrected chi connectivity index (χ3v) is 5.43. The van der Waals surface area contributed by atoms with Gasteiger partial charge in [-0.25, -0.2) is 0 Å². The zero-order valence-electron chi connectivity index (χ0n) is 13.7. The fourth-order valence-corrected chi connectivity index (χ4v) is 4.25. The van der Waals surface area contributed by atoms with Crippen LogP contribution in [0.1, 0.15) is 44.9 Å². The molecule has 0 aliphatic carbocycles. The van der Waals surface area contributed by atoms with Gasteiger partial charge in [-0.05, 0) is 51.1 Å². The Hall–Kier alpha value is -1.07. The largest absolute Gasteiger partial charge is 0.354 e. The third-order valence-electron chi connectivity index (χ3n) is 5.24. The van der Waals surface area contributed by atoms with Crippen molar-refractivity contribution in [3.63, 3.8) is 0 Å². The van der Waals surface area contributed by atoms with Crippen LogP contribution in [0.2, 0.25) is 5.02 Å². The van der Waals surface area contributed by atoms with E-state index in [9.17, 15) is 4.79 Å². The van der Waals surface area contributed by atoms with Crippen LogP contribution in [-0.4, -0.2) is 46.3 Å². The normalized spacial score (nSPS) is 25.1. The lowest BCUT2D eigenvalue weighted by Gasteiger charge is -2.44. The molecule has 1 amide bonds. The highest BCUT2D eigenvalue weighted by atomic mass is 35.5. The molecular weight excluding hydrogens is 312 g/mol. The highest BCUT2D eigenvalue weighted by molar-refractivity contribution is 6.30. The van der Waals surface area contributed by atoms with Crippen molar-refractivity contribution in [3.8, 4) is 0 Å². The van der Waals surface area contributed by atoms with E-state index in [1.807, 2.05) is 0 Å². The quantitative estimate of drug-likeness (QED) is 0.867. The number of nitrogens with one attached hydrogen (secondary N) is 1. The van der Waals surface area contributed by atoms with Gasteiger partial charge in [-0.2, -0.15) is 5.10 Å². The molecular formula is C17H27ClN4O. The highest BCUT2D eigenvalue weighted by Crippen LogP contribution is 2.33. The summed E-state index contributed by atoms with van der Waals surface area (Å²) in [6.07, 6.45) is 11.7. The fourth-order valence-electron chi connectivity index (χ4n) is 4.09. The predicted molar refractivity (Wildman–Crippen MR) is 91.4 cm³/mol. The molecule has 1 aromatic rings. The summed E-state index contributed by atoms with van der Waals surface area (Å²) >= 11 is 5.82. The van der Waals surface area contributed by atoms with Crippen LogP contribution >= 0.6 is 11.6 Å². The van der Waals surface area contributed by atoms with Crippen LogP contribution in [0.3, 0.4) is 0 Å². The van der Waals surface area contributed by atoms with Crippen LogP contribution in [0.5, 0.6) is 0 Å². The molecule has 2 saturated heterocycles. The minimum atomic E-state index is 0.163. The number of amides is 1. The van der Waals surface area contributed by atoms with Gasteiger partial charge in [0.25, 0.3) is 0 Å². The van der Waals surface area contributed by atoms with Gasteiger partial charge < -0.3 is 10.2 Å². The average Bonchev–Trinajstić information content (AvgIpc) is 2.98. The standard InChI is InChI=1S/C17H27ClN4O/c18-15-12-20-22(13-15)11-8-19-17(23)7-6-14-4-3-10-21-9-2-1-5-16(14)21/h12-14,16H,1-11H2,(H,19,23)/t14-,16+/m0/s1. The number of nitrogens with zero attached hydrogens (tertiary/aromatic N) is 3. The molecule has 0 unspecified atom stereocenters. The van der Waals surface area contributed by atoms with E-state index >= 15 is 0 Å². The molecule has 2 atom stereocenters. The van der Waals surface area contributed by atoms with E-state index in [4.69, 9.17) is 11.6 Å². The zero-order valence-corrected chi connectivity index (χ0v) is 14.5. The summed E-state index contributed by atoms with van der Waals surface area (Å²) in [6, 6.07) is 0.733. The number of halogens is 1. The third kappa shape index (κ3) is 4.70. The molecule has 2 fully saturated rings. The van der Waals surface area contributed by atoms with Gasteiger partial charge in [0.2, 0.25) is 5.91 Å². The zero-order chi connectivity index (χ0) is 16.1. The highest BCUT2D eigenvalue weighted by Gasteiger charge is 2.32. The number of hydrogen-bond acceptors (Lipinski definition) is 3. The molecule has 6 heteroatoms. The monoisotopic (exact) mass is 338 g/mol. The molecule has 2 aliphatic heterocycles. The molecule has 2 aliphatic rings. The average molecular weight is 339 g/mol. The minimum absolute atomic E-state index is 0.163. The molecule has 0 bridgehead atoms. The molecule has 0 aromatic carbocycles. The van der Waals surface area contributed by atoms with E-state index in [0.717, 1.165) is 12.5 Å². The summed E-state index contributed by atoms with van der Waals surface area (Å²) < 4.78 is 1.75. The van der Waals surface area contributed by atoms with Crippen LogP contribution in [-0.2, 0) is 11.3 Å². The molecule has 1 N–H and O–H groups in total. The SMILES string of the molecule is O=C(CC[C@@H]1CCCN2CCCC[C@H]12)NCCn1cc(Cl)cn1. The van der Waals surface area contributed by atoms with Crippen molar-refractivity contribution in [2.75, 3.05) is 19.6 Å². The summed E-state index contributed by atoms with van der Waals surface area (Å²) in [5.74, 6) is 0.871. The van der Waals surface area contributed by atoms with Crippen LogP contribution in [0.4, 0.5) is 0 Å². The number of fused-ring (bicyclic) bond motifs is 1. The van der Waals surface area contributed by atoms with Crippen LogP contribution in [0.25, 0.3) is 0 Å². The first kappa shape index (κ1) is 16.8. The smallest absolute Gasteiger partial charge is 0.220 e. The van der Waals surface area contributed by atoms with E-state index in [1.54, 1.807) is 17.1 Å². The van der Waals surface area contributed by atoms with Crippen LogP contribution in [0.15, 0.2) is 12.4 Å². The summed E-state index contributed by atoms with van der Waals surface area (Å²) in [6.45, 7) is 3.80. The van der Waals surface area contributed by atoms with Crippen molar-refractivity contribution < 1.29 is 4.79 Å². The second kappa shape index (κ2) is 8.15. The first-order valence-electron chi connectivity index (χ1n) is 8.91. The number of carbonyl (C=O) groups is 1. The van der Waals surface area contributed by atoms with E-state index < -0.39 is 0 Å². The Morgan fingerprint density at radius 3 is 3.00 bits per heavy atom. The van der Waals surface area contributed by atoms with Crippen molar-refractivity contribution in [2.45, 2.75) is 57.5 Å². The fraction of sp³-hybridized carbons (Fsp3) is 0.765. The topological polar surface area (TPSA) is 50.2 Å². The summed E-state index contributed by atoms with van der Waals surface area (Å²) in [5, 5.41) is 7.73. The van der Waals surface area contributed by atoms with Gasteiger partial charge in [-0.15, -0.1) is 0 Å². The van der Waals surface area contributed by atoms with E-state index in [1.165, 1.54) is 45.2 Å². The molecule has 23 heavy (non-hydrogen) atoms. The Kier molecular flexibility index (Phi) is 5.95. The lowest BCUT2D eigenvalue weighted by Crippen LogP contribution is -2.48. The number of aromatic nitrogens is 2. The molecule has 0 saturated carbocycles. The van der Waals surface area contributed by atoms with Crippen LogP contribution < -0.4 is 5.32 Å². The first-order chi connectivity index (χ1) is 11.2. The van der Waals surface area contributed by atoms with Gasteiger partial charge in [0.05, 0.1) is 17.8 Å². The summed E-state index contributed by atoms with van der Waals surface area (Å²) in [5.41, 5.74) is 0. The van der Waals surface area contributed by atoms with Gasteiger partial charge in [-0.1, -0.05) is 18.0 Å². The van der Waals surface area contributed by atoms with Gasteiger partial charge in [0.15, 0.2) is 0 Å². The van der Waals surface area contributed by atoms with Gasteiger partial charge in [0.1, 0.15) is 0 Å². The second-order valence-electron chi connectivity index (χ2n) is 6.81. The lowest BCUT2D eigenvalue weighted by molar-refractivity contribution is -0.121. The lowest BCUT2D eigenvalue weighted by atomic mass is 9.81. The summed E-state index contributed by atoms with van der Waals surface area (Å²) in [7, 11) is 0. The van der Waals surface area contributed by atoms with Gasteiger partial charge in [0, 0.05) is 25.2 Å². The van der Waals surface area contributed by atoms with Crippen LogP contribution in [0, 0.1) is 5.92 Å². The molecule has 1 aromatic heterocycles. The van der Waals surface area contributed by atoms with Crippen molar-refractivity contribution in [1.29, 1.82) is 0 Å². The minimum Gasteiger partial charge on any atom is -0.354 e. The van der Waals surface area contributed by atoms with Crippen molar-refractivity contribution in [1.82, 2.24) is 20.0 Å². The molecule has 128 valence electrons. The molecule has 3 rings (SSSR count). The molecule has 0 radical (unpaired) electrons. The van der Waals surface area contributed by atoms with Gasteiger partial charge >= 0.3 is 0 Å². The Bertz CT molecular complexity index is 516. The number of rotatable bonds is 6. The first-order valence-corrected chi connectivity index (χ1v) is 9.29. The second-order valence-corrected chi connectivity index (χ2v) is 7.25. The Morgan fingerprint density at radius 2 is 2.17 bits per heavy atom. The predicted octanol–water partition coefficient (Wildman–Crippen LogP) is 2.70. The number of hydrogen-bond donors (Lipinski definition) is 1.